The number of hydrogen-bond acceptors (Lipinski definition) is 3. The molecule has 1 aromatic carbocycles. The molecule has 0 aromatic heterocycles. The summed E-state index contributed by atoms with van der Waals surface area (Å²) in [7, 11) is -3.51. The van der Waals surface area contributed by atoms with Gasteiger partial charge in [0.05, 0.1) is 16.5 Å². The van der Waals surface area contributed by atoms with Crippen LogP contribution in [0.1, 0.15) is 38.2 Å². The Morgan fingerprint density at radius 1 is 1.42 bits per heavy atom. The van der Waals surface area contributed by atoms with Gasteiger partial charge in [0.15, 0.2) is 0 Å². The maximum atomic E-state index is 12.2. The van der Waals surface area contributed by atoms with Gasteiger partial charge in [0, 0.05) is 6.54 Å². The van der Waals surface area contributed by atoms with E-state index in [4.69, 9.17) is 5.26 Å². The van der Waals surface area contributed by atoms with Gasteiger partial charge in [-0.1, -0.05) is 19.4 Å². The highest BCUT2D eigenvalue weighted by atomic mass is 32.2. The van der Waals surface area contributed by atoms with Crippen LogP contribution in [0, 0.1) is 16.7 Å². The van der Waals surface area contributed by atoms with Crippen LogP contribution in [0.2, 0.25) is 0 Å². The van der Waals surface area contributed by atoms with Crippen molar-refractivity contribution >= 4 is 10.0 Å². The van der Waals surface area contributed by atoms with E-state index in [1.54, 1.807) is 12.1 Å². The van der Waals surface area contributed by atoms with Crippen LogP contribution >= 0.6 is 0 Å². The second-order valence-electron chi connectivity index (χ2n) is 5.21. The molecule has 0 saturated heterocycles. The molecular formula is C14H18N2O2S. The van der Waals surface area contributed by atoms with Gasteiger partial charge in [0.25, 0.3) is 0 Å². The summed E-state index contributed by atoms with van der Waals surface area (Å²) in [6, 6.07) is 8.06. The topological polar surface area (TPSA) is 70.0 Å². The van der Waals surface area contributed by atoms with E-state index in [1.165, 1.54) is 12.1 Å². The van der Waals surface area contributed by atoms with Gasteiger partial charge in [-0.05, 0) is 42.9 Å². The smallest absolute Gasteiger partial charge is 0.211 e. The summed E-state index contributed by atoms with van der Waals surface area (Å²) in [6.45, 7) is 2.62. The summed E-state index contributed by atoms with van der Waals surface area (Å²) in [5.41, 5.74) is 0.534. The molecule has 0 aliphatic heterocycles. The van der Waals surface area contributed by atoms with Crippen molar-refractivity contribution in [2.45, 2.75) is 37.5 Å². The van der Waals surface area contributed by atoms with E-state index in [1.807, 2.05) is 6.07 Å². The molecule has 1 aromatic rings. The fraction of sp³-hybridized carbons (Fsp3) is 0.500. The highest BCUT2D eigenvalue weighted by molar-refractivity contribution is 7.89. The zero-order valence-corrected chi connectivity index (χ0v) is 11.8. The minimum absolute atomic E-state index is 0.166. The first kappa shape index (κ1) is 14.0. The van der Waals surface area contributed by atoms with Crippen LogP contribution in [-0.2, 0) is 10.0 Å². The second-order valence-corrected chi connectivity index (χ2v) is 6.98. The molecular weight excluding hydrogens is 260 g/mol. The molecule has 1 saturated carbocycles. The summed E-state index contributed by atoms with van der Waals surface area (Å²) in [4.78, 5) is 0.166. The first-order valence-electron chi connectivity index (χ1n) is 6.51. The van der Waals surface area contributed by atoms with Crippen LogP contribution in [0.15, 0.2) is 29.2 Å². The van der Waals surface area contributed by atoms with Gasteiger partial charge in [-0.2, -0.15) is 5.26 Å². The molecule has 1 fully saturated rings. The number of sulfonamides is 1. The lowest BCUT2D eigenvalue weighted by molar-refractivity contribution is 0.449. The molecule has 0 spiro atoms. The highest BCUT2D eigenvalue weighted by Gasteiger charge is 2.42. The lowest BCUT2D eigenvalue weighted by atomic mass is 10.0. The number of benzene rings is 1. The Morgan fingerprint density at radius 3 is 2.74 bits per heavy atom. The predicted molar refractivity (Wildman–Crippen MR) is 72.9 cm³/mol. The lowest BCUT2D eigenvalue weighted by Crippen LogP contribution is -2.30. The summed E-state index contributed by atoms with van der Waals surface area (Å²) in [5.74, 6) is 0. The van der Waals surface area contributed by atoms with Gasteiger partial charge in [-0.15, -0.1) is 0 Å². The Balaban J connectivity index is 2.08. The minimum atomic E-state index is -3.51. The fourth-order valence-corrected chi connectivity index (χ4v) is 3.49. The van der Waals surface area contributed by atoms with Crippen molar-refractivity contribution in [3.63, 3.8) is 0 Å². The third-order valence-corrected chi connectivity index (χ3v) is 5.05. The van der Waals surface area contributed by atoms with Crippen molar-refractivity contribution in [1.29, 1.82) is 5.26 Å². The van der Waals surface area contributed by atoms with Crippen molar-refractivity contribution in [3.8, 4) is 6.07 Å². The van der Waals surface area contributed by atoms with Gasteiger partial charge in [0.2, 0.25) is 10.0 Å². The Morgan fingerprint density at radius 2 is 2.16 bits per heavy atom. The monoisotopic (exact) mass is 278 g/mol. The molecule has 0 amide bonds. The zero-order chi connectivity index (χ0) is 13.9. The van der Waals surface area contributed by atoms with Crippen LogP contribution < -0.4 is 4.72 Å². The third-order valence-electron chi connectivity index (χ3n) is 3.65. The van der Waals surface area contributed by atoms with Gasteiger partial charge in [-0.3, -0.25) is 0 Å². The van der Waals surface area contributed by atoms with E-state index in [2.05, 4.69) is 11.6 Å². The zero-order valence-electron chi connectivity index (χ0n) is 11.0. The summed E-state index contributed by atoms with van der Waals surface area (Å²) in [5, 5.41) is 8.80. The van der Waals surface area contributed by atoms with E-state index >= 15 is 0 Å². The Bertz CT molecular complexity index is 598. The van der Waals surface area contributed by atoms with Gasteiger partial charge in [0.1, 0.15) is 0 Å². The molecule has 1 N–H and O–H groups in total. The average Bonchev–Trinajstić information content (AvgIpc) is 3.18. The van der Waals surface area contributed by atoms with Crippen molar-refractivity contribution in [2.24, 2.45) is 5.41 Å². The maximum absolute atomic E-state index is 12.2. The van der Waals surface area contributed by atoms with Gasteiger partial charge >= 0.3 is 0 Å². The average molecular weight is 278 g/mol. The molecule has 1 aliphatic carbocycles. The predicted octanol–water partition coefficient (Wildman–Crippen LogP) is 2.42. The van der Waals surface area contributed by atoms with Crippen LogP contribution in [0.5, 0.6) is 0 Å². The molecule has 0 atom stereocenters. The van der Waals surface area contributed by atoms with E-state index in [0.717, 1.165) is 25.7 Å². The van der Waals surface area contributed by atoms with Gasteiger partial charge < -0.3 is 0 Å². The van der Waals surface area contributed by atoms with Crippen molar-refractivity contribution in [1.82, 2.24) is 4.72 Å². The molecule has 19 heavy (non-hydrogen) atoms. The normalized spacial score (nSPS) is 16.8. The highest BCUT2D eigenvalue weighted by Crippen LogP contribution is 2.49. The Labute approximate surface area is 114 Å². The van der Waals surface area contributed by atoms with Crippen LogP contribution in [0.4, 0.5) is 0 Å². The Hall–Kier alpha value is -1.38. The first-order chi connectivity index (χ1) is 9.01. The number of hydrogen-bond donors (Lipinski definition) is 1. The molecule has 0 radical (unpaired) electrons. The molecule has 4 nitrogen and oxygen atoms in total. The summed E-state index contributed by atoms with van der Waals surface area (Å²) in [6.07, 6.45) is 4.34. The quantitative estimate of drug-likeness (QED) is 0.868. The molecule has 2 rings (SSSR count). The van der Waals surface area contributed by atoms with Crippen LogP contribution in [-0.4, -0.2) is 15.0 Å². The lowest BCUT2D eigenvalue weighted by Gasteiger charge is -2.15. The Kier molecular flexibility index (Phi) is 3.93. The molecule has 0 bridgehead atoms. The number of nitrogens with zero attached hydrogens (tertiary/aromatic N) is 1. The first-order valence-corrected chi connectivity index (χ1v) is 7.99. The van der Waals surface area contributed by atoms with E-state index in [0.29, 0.717) is 12.1 Å². The summed E-state index contributed by atoms with van der Waals surface area (Å²) >= 11 is 0. The summed E-state index contributed by atoms with van der Waals surface area (Å²) < 4.78 is 27.0. The molecule has 0 unspecified atom stereocenters. The molecule has 0 heterocycles. The van der Waals surface area contributed by atoms with Crippen molar-refractivity contribution in [3.05, 3.63) is 29.8 Å². The van der Waals surface area contributed by atoms with E-state index in [-0.39, 0.29) is 10.3 Å². The fourth-order valence-electron chi connectivity index (χ4n) is 2.29. The number of nitriles is 1. The maximum Gasteiger partial charge on any atom is 0.240 e. The minimum Gasteiger partial charge on any atom is -0.211 e. The van der Waals surface area contributed by atoms with Crippen molar-refractivity contribution in [2.75, 3.05) is 6.54 Å². The number of nitrogens with one attached hydrogen (secondary N) is 1. The molecule has 5 heteroatoms. The third kappa shape index (κ3) is 3.34. The molecule has 102 valence electrons. The van der Waals surface area contributed by atoms with E-state index < -0.39 is 10.0 Å². The SMILES string of the molecule is CCCC1(CNS(=O)(=O)c2cccc(C#N)c2)CC1. The molecule has 1 aliphatic rings. The standard InChI is InChI=1S/C14H18N2O2S/c1-2-6-14(7-8-14)11-16-19(17,18)13-5-3-4-12(9-13)10-15/h3-5,9,16H,2,6-8,11H2,1H3. The van der Waals surface area contributed by atoms with Crippen molar-refractivity contribution < 1.29 is 8.42 Å². The van der Waals surface area contributed by atoms with Crippen LogP contribution in [0.3, 0.4) is 0 Å². The number of rotatable bonds is 6. The largest absolute Gasteiger partial charge is 0.240 e. The second kappa shape index (κ2) is 5.32. The van der Waals surface area contributed by atoms with E-state index in [9.17, 15) is 8.42 Å². The van der Waals surface area contributed by atoms with Gasteiger partial charge in [-0.25, -0.2) is 13.1 Å². The van der Waals surface area contributed by atoms with Crippen LogP contribution in [0.25, 0.3) is 0 Å².